The number of aryl methyl sites for hydroxylation is 1. The number of rotatable bonds is 5. The first-order valence-electron chi connectivity index (χ1n) is 9.08. The molecule has 1 aliphatic heterocycles. The third-order valence-corrected chi connectivity index (χ3v) is 6.15. The van der Waals surface area contributed by atoms with Crippen LogP contribution < -0.4 is 10.0 Å². The Morgan fingerprint density at radius 3 is 2.43 bits per heavy atom. The largest absolute Gasteiger partial charge is 0.355 e. The number of benzene rings is 2. The number of nitrogens with one attached hydrogen (secondary N) is 2. The minimum absolute atomic E-state index is 0. The first-order valence-corrected chi connectivity index (χ1v) is 10.6. The van der Waals surface area contributed by atoms with Crippen LogP contribution in [0.1, 0.15) is 16.7 Å². The molecule has 2 aromatic rings. The maximum Gasteiger partial charge on any atom is 0.240 e. The monoisotopic (exact) mass is 514 g/mol. The van der Waals surface area contributed by atoms with Gasteiger partial charge in [-0.3, -0.25) is 4.99 Å². The van der Waals surface area contributed by atoms with Crippen molar-refractivity contribution in [3.8, 4) is 0 Å². The van der Waals surface area contributed by atoms with Crippen molar-refractivity contribution in [3.63, 3.8) is 0 Å². The molecular formula is C20H27IN4O2S. The summed E-state index contributed by atoms with van der Waals surface area (Å²) in [6.07, 6.45) is 0.983. The lowest BCUT2D eigenvalue weighted by molar-refractivity contribution is 0.379. The second-order valence-electron chi connectivity index (χ2n) is 6.63. The Kier molecular flexibility index (Phi) is 8.26. The van der Waals surface area contributed by atoms with Crippen LogP contribution in [-0.4, -0.2) is 46.0 Å². The van der Waals surface area contributed by atoms with Gasteiger partial charge in [-0.15, -0.1) is 24.0 Å². The van der Waals surface area contributed by atoms with Gasteiger partial charge in [0, 0.05) is 33.2 Å². The molecule has 8 heteroatoms. The quantitative estimate of drug-likeness (QED) is 0.279. The highest BCUT2D eigenvalue weighted by molar-refractivity contribution is 14.0. The van der Waals surface area contributed by atoms with Crippen LogP contribution >= 0.6 is 24.0 Å². The van der Waals surface area contributed by atoms with Gasteiger partial charge in [-0.2, -0.15) is 0 Å². The molecule has 0 spiro atoms. The van der Waals surface area contributed by atoms with Crippen LogP contribution in [-0.2, 0) is 23.0 Å². The summed E-state index contributed by atoms with van der Waals surface area (Å²) in [6.45, 7) is 4.39. The molecule has 0 saturated heterocycles. The minimum Gasteiger partial charge on any atom is -0.355 e. The minimum atomic E-state index is -3.49. The van der Waals surface area contributed by atoms with Gasteiger partial charge in [0.1, 0.15) is 0 Å². The molecule has 0 bridgehead atoms. The van der Waals surface area contributed by atoms with E-state index in [0.717, 1.165) is 31.0 Å². The van der Waals surface area contributed by atoms with Crippen LogP contribution in [0.2, 0.25) is 0 Å². The van der Waals surface area contributed by atoms with Gasteiger partial charge in [0.2, 0.25) is 10.0 Å². The van der Waals surface area contributed by atoms with Crippen molar-refractivity contribution in [1.82, 2.24) is 14.9 Å². The van der Waals surface area contributed by atoms with Crippen molar-refractivity contribution in [2.45, 2.75) is 24.8 Å². The number of halogens is 1. The highest BCUT2D eigenvalue weighted by atomic mass is 127. The second-order valence-corrected chi connectivity index (χ2v) is 8.39. The number of nitrogens with zero attached hydrogens (tertiary/aromatic N) is 2. The maximum atomic E-state index is 12.3. The molecule has 0 amide bonds. The van der Waals surface area contributed by atoms with E-state index in [0.29, 0.717) is 13.1 Å². The van der Waals surface area contributed by atoms with E-state index in [-0.39, 0.29) is 28.9 Å². The number of aliphatic imine (C=N–C) groups is 1. The van der Waals surface area contributed by atoms with Gasteiger partial charge in [-0.05, 0) is 36.6 Å². The van der Waals surface area contributed by atoms with E-state index in [1.165, 1.54) is 11.1 Å². The first kappa shape index (κ1) is 22.6. The Morgan fingerprint density at radius 1 is 1.07 bits per heavy atom. The number of sulfonamides is 1. The smallest absolute Gasteiger partial charge is 0.240 e. The van der Waals surface area contributed by atoms with Crippen LogP contribution in [0.5, 0.6) is 0 Å². The Morgan fingerprint density at radius 2 is 1.75 bits per heavy atom. The van der Waals surface area contributed by atoms with Gasteiger partial charge in [0.05, 0.1) is 4.90 Å². The molecule has 0 radical (unpaired) electrons. The van der Waals surface area contributed by atoms with E-state index in [4.69, 9.17) is 0 Å². The summed E-state index contributed by atoms with van der Waals surface area (Å²) in [6, 6.07) is 15.3. The molecule has 0 aliphatic carbocycles. The molecule has 0 saturated carbocycles. The lowest BCUT2D eigenvalue weighted by Gasteiger charge is -2.31. The first-order chi connectivity index (χ1) is 13.0. The Hall–Kier alpha value is -1.65. The van der Waals surface area contributed by atoms with Crippen LogP contribution in [0, 0.1) is 6.92 Å². The van der Waals surface area contributed by atoms with Crippen molar-refractivity contribution in [1.29, 1.82) is 0 Å². The SMILES string of the molecule is CN=C(NCCNS(=O)(=O)c1ccc(C)cc1)N1CCc2ccccc2C1.I. The zero-order valence-corrected chi connectivity index (χ0v) is 19.3. The zero-order chi connectivity index (χ0) is 19.3. The standard InChI is InChI=1S/C20H26N4O2S.HI/c1-16-7-9-19(10-8-16)27(25,26)23-13-12-22-20(21-2)24-14-11-17-5-3-4-6-18(17)15-24;/h3-10,23H,11-15H2,1-2H3,(H,21,22);1H. The fourth-order valence-electron chi connectivity index (χ4n) is 3.17. The van der Waals surface area contributed by atoms with E-state index >= 15 is 0 Å². The summed E-state index contributed by atoms with van der Waals surface area (Å²) in [4.78, 5) is 6.81. The predicted molar refractivity (Wildman–Crippen MR) is 124 cm³/mol. The van der Waals surface area contributed by atoms with Gasteiger partial charge < -0.3 is 10.2 Å². The molecule has 0 fully saturated rings. The van der Waals surface area contributed by atoms with Gasteiger partial charge in [-0.1, -0.05) is 42.0 Å². The molecule has 152 valence electrons. The van der Waals surface area contributed by atoms with Crippen molar-refractivity contribution in [3.05, 3.63) is 65.2 Å². The van der Waals surface area contributed by atoms with E-state index in [9.17, 15) is 8.42 Å². The van der Waals surface area contributed by atoms with Crippen LogP contribution in [0.15, 0.2) is 58.4 Å². The summed E-state index contributed by atoms with van der Waals surface area (Å²) in [7, 11) is -1.74. The molecule has 1 aliphatic rings. The third kappa shape index (κ3) is 5.68. The Balaban J connectivity index is 0.00000280. The molecule has 28 heavy (non-hydrogen) atoms. The third-order valence-electron chi connectivity index (χ3n) is 4.67. The molecule has 0 atom stereocenters. The van der Waals surface area contributed by atoms with Crippen molar-refractivity contribution >= 4 is 40.0 Å². The van der Waals surface area contributed by atoms with Crippen LogP contribution in [0.3, 0.4) is 0 Å². The van der Waals surface area contributed by atoms with Crippen molar-refractivity contribution < 1.29 is 8.42 Å². The molecule has 2 N–H and O–H groups in total. The fraction of sp³-hybridized carbons (Fsp3) is 0.350. The lowest BCUT2D eigenvalue weighted by atomic mass is 10.0. The molecule has 6 nitrogen and oxygen atoms in total. The summed E-state index contributed by atoms with van der Waals surface area (Å²) in [5.41, 5.74) is 3.73. The number of fused-ring (bicyclic) bond motifs is 1. The average molecular weight is 514 g/mol. The number of hydrogen-bond donors (Lipinski definition) is 2. The maximum absolute atomic E-state index is 12.3. The summed E-state index contributed by atoms with van der Waals surface area (Å²) < 4.78 is 27.3. The summed E-state index contributed by atoms with van der Waals surface area (Å²) in [5, 5.41) is 3.25. The number of hydrogen-bond acceptors (Lipinski definition) is 3. The normalized spacial score (nSPS) is 14.2. The van der Waals surface area contributed by atoms with E-state index < -0.39 is 10.0 Å². The van der Waals surface area contributed by atoms with Crippen molar-refractivity contribution in [2.24, 2.45) is 4.99 Å². The number of guanidine groups is 1. The molecular weight excluding hydrogens is 487 g/mol. The van der Waals surface area contributed by atoms with Gasteiger partial charge in [0.25, 0.3) is 0 Å². The summed E-state index contributed by atoms with van der Waals surface area (Å²) in [5.74, 6) is 0.791. The van der Waals surface area contributed by atoms with E-state index in [1.807, 2.05) is 6.92 Å². The highest BCUT2D eigenvalue weighted by Crippen LogP contribution is 2.18. The zero-order valence-electron chi connectivity index (χ0n) is 16.2. The van der Waals surface area contributed by atoms with Crippen LogP contribution in [0.4, 0.5) is 0 Å². The van der Waals surface area contributed by atoms with Gasteiger partial charge in [-0.25, -0.2) is 13.1 Å². The van der Waals surface area contributed by atoms with Gasteiger partial charge >= 0.3 is 0 Å². The van der Waals surface area contributed by atoms with Crippen LogP contribution in [0.25, 0.3) is 0 Å². The van der Waals surface area contributed by atoms with E-state index in [2.05, 4.69) is 44.2 Å². The average Bonchev–Trinajstić information content (AvgIpc) is 2.68. The Bertz CT molecular complexity index is 914. The molecule has 1 heterocycles. The Labute approximate surface area is 184 Å². The topological polar surface area (TPSA) is 73.8 Å². The van der Waals surface area contributed by atoms with Gasteiger partial charge in [0.15, 0.2) is 5.96 Å². The molecule has 0 unspecified atom stereocenters. The second kappa shape index (κ2) is 10.2. The predicted octanol–water partition coefficient (Wildman–Crippen LogP) is 2.53. The summed E-state index contributed by atoms with van der Waals surface area (Å²) >= 11 is 0. The lowest BCUT2D eigenvalue weighted by Crippen LogP contribution is -2.46. The van der Waals surface area contributed by atoms with E-state index in [1.54, 1.807) is 31.3 Å². The fourth-order valence-corrected chi connectivity index (χ4v) is 4.20. The molecule has 0 aromatic heterocycles. The van der Waals surface area contributed by atoms with Crippen molar-refractivity contribution in [2.75, 3.05) is 26.7 Å². The molecule has 3 rings (SSSR count). The molecule has 2 aromatic carbocycles. The highest BCUT2D eigenvalue weighted by Gasteiger charge is 2.18.